The average Bonchev–Trinajstić information content (AvgIpc) is 2.36. The standard InChI is InChI=1S/C15H25NO2/c1-4-14(17)11-18-15-8-6-5-7-13(15)10-16-9-12(2)3/h5-8,12,14,16-17H,4,9-11H2,1-3H3. The molecular weight excluding hydrogens is 226 g/mol. The normalized spacial score (nSPS) is 12.7. The molecule has 0 aliphatic heterocycles. The molecule has 3 heteroatoms. The molecule has 0 aliphatic rings. The lowest BCUT2D eigenvalue weighted by Crippen LogP contribution is -2.20. The van der Waals surface area contributed by atoms with Crippen molar-refractivity contribution in [3.63, 3.8) is 0 Å². The molecule has 0 saturated carbocycles. The minimum absolute atomic E-state index is 0.359. The van der Waals surface area contributed by atoms with Crippen LogP contribution in [0.4, 0.5) is 0 Å². The van der Waals surface area contributed by atoms with Gasteiger partial charge >= 0.3 is 0 Å². The fraction of sp³-hybridized carbons (Fsp3) is 0.600. The monoisotopic (exact) mass is 251 g/mol. The molecule has 1 aromatic rings. The summed E-state index contributed by atoms with van der Waals surface area (Å²) >= 11 is 0. The quantitative estimate of drug-likeness (QED) is 0.746. The molecule has 0 fully saturated rings. The number of aliphatic hydroxyl groups excluding tert-OH is 1. The van der Waals surface area contributed by atoms with Crippen molar-refractivity contribution in [1.29, 1.82) is 0 Å². The fourth-order valence-corrected chi connectivity index (χ4v) is 1.59. The van der Waals surface area contributed by atoms with Gasteiger partial charge < -0.3 is 15.2 Å². The SMILES string of the molecule is CCC(O)COc1ccccc1CNCC(C)C. The van der Waals surface area contributed by atoms with Crippen molar-refractivity contribution in [3.8, 4) is 5.75 Å². The van der Waals surface area contributed by atoms with E-state index in [1.807, 2.05) is 25.1 Å². The lowest BCUT2D eigenvalue weighted by molar-refractivity contribution is 0.104. The minimum Gasteiger partial charge on any atom is -0.491 e. The van der Waals surface area contributed by atoms with Gasteiger partial charge in [-0.2, -0.15) is 0 Å². The molecule has 0 spiro atoms. The van der Waals surface area contributed by atoms with Crippen LogP contribution in [0.5, 0.6) is 5.75 Å². The van der Waals surface area contributed by atoms with Crippen LogP contribution < -0.4 is 10.1 Å². The summed E-state index contributed by atoms with van der Waals surface area (Å²) in [6.07, 6.45) is 0.329. The summed E-state index contributed by atoms with van der Waals surface area (Å²) < 4.78 is 5.66. The van der Waals surface area contributed by atoms with E-state index in [1.54, 1.807) is 0 Å². The molecule has 0 radical (unpaired) electrons. The highest BCUT2D eigenvalue weighted by atomic mass is 16.5. The van der Waals surface area contributed by atoms with Gasteiger partial charge in [0, 0.05) is 12.1 Å². The summed E-state index contributed by atoms with van der Waals surface area (Å²) in [5.74, 6) is 1.50. The van der Waals surface area contributed by atoms with Crippen LogP contribution in [-0.4, -0.2) is 24.4 Å². The maximum absolute atomic E-state index is 9.52. The van der Waals surface area contributed by atoms with Crippen LogP contribution in [0.2, 0.25) is 0 Å². The lowest BCUT2D eigenvalue weighted by atomic mass is 10.2. The molecule has 1 atom stereocenters. The van der Waals surface area contributed by atoms with Crippen LogP contribution in [0, 0.1) is 5.92 Å². The third kappa shape index (κ3) is 5.52. The first-order chi connectivity index (χ1) is 8.63. The number of aliphatic hydroxyl groups is 1. The fourth-order valence-electron chi connectivity index (χ4n) is 1.59. The number of benzene rings is 1. The number of hydrogen-bond acceptors (Lipinski definition) is 3. The van der Waals surface area contributed by atoms with Crippen molar-refractivity contribution in [3.05, 3.63) is 29.8 Å². The third-order valence-corrected chi connectivity index (χ3v) is 2.74. The first kappa shape index (κ1) is 15.0. The Kier molecular flexibility index (Phi) is 6.76. The second kappa shape index (κ2) is 8.11. The molecule has 1 unspecified atom stereocenters. The molecule has 1 aromatic carbocycles. The summed E-state index contributed by atoms with van der Waals surface area (Å²) in [5.41, 5.74) is 1.14. The lowest BCUT2D eigenvalue weighted by Gasteiger charge is -2.14. The number of hydrogen-bond donors (Lipinski definition) is 2. The second-order valence-corrected chi connectivity index (χ2v) is 5.01. The van der Waals surface area contributed by atoms with Crippen LogP contribution in [0.15, 0.2) is 24.3 Å². The van der Waals surface area contributed by atoms with E-state index in [-0.39, 0.29) is 6.10 Å². The number of para-hydroxylation sites is 1. The van der Waals surface area contributed by atoms with Gasteiger partial charge in [-0.1, -0.05) is 39.0 Å². The van der Waals surface area contributed by atoms with Gasteiger partial charge in [0.1, 0.15) is 12.4 Å². The van der Waals surface area contributed by atoms with Gasteiger partial charge in [0.15, 0.2) is 0 Å². The first-order valence-electron chi connectivity index (χ1n) is 6.73. The topological polar surface area (TPSA) is 41.5 Å². The molecule has 2 N–H and O–H groups in total. The maximum Gasteiger partial charge on any atom is 0.123 e. The zero-order chi connectivity index (χ0) is 13.4. The Morgan fingerprint density at radius 2 is 2.00 bits per heavy atom. The van der Waals surface area contributed by atoms with Gasteiger partial charge in [0.2, 0.25) is 0 Å². The maximum atomic E-state index is 9.52. The Hall–Kier alpha value is -1.06. The Balaban J connectivity index is 2.50. The van der Waals surface area contributed by atoms with Crippen LogP contribution in [-0.2, 0) is 6.54 Å². The molecule has 102 valence electrons. The van der Waals surface area contributed by atoms with Crippen LogP contribution in [0.1, 0.15) is 32.8 Å². The Bertz CT molecular complexity index is 339. The largest absolute Gasteiger partial charge is 0.491 e. The highest BCUT2D eigenvalue weighted by Gasteiger charge is 2.06. The van der Waals surface area contributed by atoms with Gasteiger partial charge in [-0.3, -0.25) is 0 Å². The average molecular weight is 251 g/mol. The minimum atomic E-state index is -0.387. The highest BCUT2D eigenvalue weighted by Crippen LogP contribution is 2.18. The van der Waals surface area contributed by atoms with E-state index in [0.717, 1.165) is 24.4 Å². The molecule has 0 saturated heterocycles. The molecule has 0 bridgehead atoms. The number of ether oxygens (including phenoxy) is 1. The van der Waals surface area contributed by atoms with Crippen LogP contribution >= 0.6 is 0 Å². The van der Waals surface area contributed by atoms with E-state index < -0.39 is 0 Å². The van der Waals surface area contributed by atoms with E-state index >= 15 is 0 Å². The summed E-state index contributed by atoms with van der Waals surface area (Å²) in [4.78, 5) is 0. The highest BCUT2D eigenvalue weighted by molar-refractivity contribution is 5.33. The smallest absolute Gasteiger partial charge is 0.123 e. The Labute approximate surface area is 110 Å². The Morgan fingerprint density at radius 1 is 1.28 bits per heavy atom. The van der Waals surface area contributed by atoms with Crippen LogP contribution in [0.3, 0.4) is 0 Å². The van der Waals surface area contributed by atoms with Gasteiger partial charge in [-0.05, 0) is 24.9 Å². The van der Waals surface area contributed by atoms with E-state index in [2.05, 4.69) is 25.2 Å². The van der Waals surface area contributed by atoms with Gasteiger partial charge in [-0.15, -0.1) is 0 Å². The van der Waals surface area contributed by atoms with Crippen molar-refractivity contribution in [2.24, 2.45) is 5.92 Å². The number of nitrogens with one attached hydrogen (secondary N) is 1. The Morgan fingerprint density at radius 3 is 2.67 bits per heavy atom. The van der Waals surface area contributed by atoms with Gasteiger partial charge in [0.05, 0.1) is 6.10 Å². The van der Waals surface area contributed by atoms with Crippen molar-refractivity contribution < 1.29 is 9.84 Å². The van der Waals surface area contributed by atoms with E-state index in [1.165, 1.54) is 0 Å². The van der Waals surface area contributed by atoms with Crippen molar-refractivity contribution in [2.75, 3.05) is 13.2 Å². The second-order valence-electron chi connectivity index (χ2n) is 5.01. The van der Waals surface area contributed by atoms with Crippen molar-refractivity contribution in [2.45, 2.75) is 39.8 Å². The molecule has 1 rings (SSSR count). The zero-order valence-electron chi connectivity index (χ0n) is 11.6. The molecular formula is C15H25NO2. The molecule has 0 aromatic heterocycles. The summed E-state index contributed by atoms with van der Waals surface area (Å²) in [6, 6.07) is 7.98. The molecule has 0 aliphatic carbocycles. The van der Waals surface area contributed by atoms with E-state index in [4.69, 9.17) is 4.74 Å². The van der Waals surface area contributed by atoms with Crippen molar-refractivity contribution >= 4 is 0 Å². The zero-order valence-corrected chi connectivity index (χ0v) is 11.6. The predicted octanol–water partition coefficient (Wildman–Crippen LogP) is 2.58. The van der Waals surface area contributed by atoms with Gasteiger partial charge in [0.25, 0.3) is 0 Å². The van der Waals surface area contributed by atoms with E-state index in [0.29, 0.717) is 18.9 Å². The predicted molar refractivity (Wildman–Crippen MR) is 74.8 cm³/mol. The number of rotatable bonds is 8. The molecule has 18 heavy (non-hydrogen) atoms. The molecule has 0 heterocycles. The third-order valence-electron chi connectivity index (χ3n) is 2.74. The summed E-state index contributed by atoms with van der Waals surface area (Å²) in [5, 5.41) is 12.9. The van der Waals surface area contributed by atoms with E-state index in [9.17, 15) is 5.11 Å². The van der Waals surface area contributed by atoms with Crippen molar-refractivity contribution in [1.82, 2.24) is 5.32 Å². The summed E-state index contributed by atoms with van der Waals surface area (Å²) in [6.45, 7) is 8.48. The van der Waals surface area contributed by atoms with Crippen LogP contribution in [0.25, 0.3) is 0 Å². The molecule has 0 amide bonds. The van der Waals surface area contributed by atoms with Gasteiger partial charge in [-0.25, -0.2) is 0 Å². The summed E-state index contributed by atoms with van der Waals surface area (Å²) in [7, 11) is 0. The molecule has 3 nitrogen and oxygen atoms in total. The first-order valence-corrected chi connectivity index (χ1v) is 6.73.